The minimum atomic E-state index is -0.140. The highest BCUT2D eigenvalue weighted by Crippen LogP contribution is 2.49. The Bertz CT molecular complexity index is 1320. The lowest BCUT2D eigenvalue weighted by molar-refractivity contribution is -0.116. The topological polar surface area (TPSA) is 59.8 Å². The number of pyridine rings is 1. The Balaban J connectivity index is 1.54. The van der Waals surface area contributed by atoms with Gasteiger partial charge < -0.3 is 5.32 Å². The summed E-state index contributed by atoms with van der Waals surface area (Å²) in [6.07, 6.45) is 4.97. The quantitative estimate of drug-likeness (QED) is 0.453. The molecule has 5 nitrogen and oxygen atoms in total. The zero-order valence-corrected chi connectivity index (χ0v) is 18.5. The number of para-hydroxylation sites is 1. The van der Waals surface area contributed by atoms with Crippen molar-refractivity contribution in [2.45, 2.75) is 31.6 Å². The number of Topliss-reactive ketones (excluding diaryl/α,β-unsaturated/α-hetero) is 1. The molecule has 0 radical (unpaired) electrons. The van der Waals surface area contributed by atoms with E-state index in [1.54, 1.807) is 23.7 Å². The van der Waals surface area contributed by atoms with Crippen LogP contribution in [0.1, 0.15) is 46.4 Å². The van der Waals surface area contributed by atoms with Crippen LogP contribution in [0.2, 0.25) is 0 Å². The average Bonchev–Trinajstić information content (AvgIpc) is 3.48. The van der Waals surface area contributed by atoms with Gasteiger partial charge in [0.05, 0.1) is 11.4 Å². The maximum atomic E-state index is 13.6. The number of ketones is 1. The second kappa shape index (κ2) is 7.57. The van der Waals surface area contributed by atoms with Crippen LogP contribution in [0.4, 0.5) is 5.82 Å². The lowest BCUT2D eigenvalue weighted by atomic mass is 9.73. The predicted octanol–water partition coefficient (Wildman–Crippen LogP) is 5.60. The van der Waals surface area contributed by atoms with Crippen molar-refractivity contribution in [3.8, 4) is 5.69 Å². The van der Waals surface area contributed by atoms with Crippen molar-refractivity contribution < 1.29 is 4.79 Å². The highest BCUT2D eigenvalue weighted by atomic mass is 32.1. The first-order valence-corrected chi connectivity index (χ1v) is 11.7. The van der Waals surface area contributed by atoms with Crippen LogP contribution >= 0.6 is 11.3 Å². The van der Waals surface area contributed by atoms with Crippen LogP contribution in [0.5, 0.6) is 0 Å². The number of rotatable bonds is 3. The Hall–Kier alpha value is -3.51. The molecule has 1 aromatic carbocycles. The molecule has 32 heavy (non-hydrogen) atoms. The molecule has 0 bridgehead atoms. The lowest BCUT2D eigenvalue weighted by Crippen LogP contribution is -2.30. The second-order valence-electron chi connectivity index (χ2n) is 8.37. The number of allylic oxidation sites excluding steroid dienone is 2. The first-order chi connectivity index (χ1) is 15.7. The van der Waals surface area contributed by atoms with E-state index in [2.05, 4.69) is 39.9 Å². The Morgan fingerprint density at radius 3 is 2.59 bits per heavy atom. The second-order valence-corrected chi connectivity index (χ2v) is 9.35. The maximum absolute atomic E-state index is 13.6. The minimum absolute atomic E-state index is 0.140. The largest absolute Gasteiger partial charge is 0.343 e. The molecule has 6 rings (SSSR count). The number of carbonyl (C=O) groups is 1. The Morgan fingerprint density at radius 1 is 1.03 bits per heavy atom. The number of hydrogen-bond donors (Lipinski definition) is 1. The van der Waals surface area contributed by atoms with Crippen LogP contribution in [-0.4, -0.2) is 20.5 Å². The van der Waals surface area contributed by atoms with Gasteiger partial charge in [0, 0.05) is 52.4 Å². The summed E-state index contributed by atoms with van der Waals surface area (Å²) in [5.74, 6) is 1.24. The Kier molecular flexibility index (Phi) is 4.54. The smallest absolute Gasteiger partial charge is 0.162 e. The van der Waals surface area contributed by atoms with Gasteiger partial charge in [0.15, 0.2) is 5.78 Å². The monoisotopic (exact) mass is 438 g/mol. The van der Waals surface area contributed by atoms with Gasteiger partial charge in [-0.05, 0) is 54.6 Å². The van der Waals surface area contributed by atoms with Crippen molar-refractivity contribution in [2.75, 3.05) is 5.32 Å². The standard InChI is InChI=1S/C26H22N4OS/c1-16-23-24(17-9-11-27-12-10-17)25-20(14-18(15-21(25)31)22-8-5-13-32-22)28-26(23)30(29-16)19-6-3-2-4-7-19/h2-13,18,24,28H,14-15H2,1H3/t18-,24+/m1/s1. The molecule has 6 heteroatoms. The number of fused-ring (bicyclic) bond motifs is 1. The maximum Gasteiger partial charge on any atom is 0.162 e. The fraction of sp³-hybridized carbons (Fsp3) is 0.192. The summed E-state index contributed by atoms with van der Waals surface area (Å²) in [6.45, 7) is 2.03. The summed E-state index contributed by atoms with van der Waals surface area (Å²) in [4.78, 5) is 19.1. The molecule has 158 valence electrons. The van der Waals surface area contributed by atoms with Gasteiger partial charge in [-0.25, -0.2) is 4.68 Å². The number of benzene rings is 1. The number of aromatic nitrogens is 3. The number of hydrogen-bond acceptors (Lipinski definition) is 5. The fourth-order valence-electron chi connectivity index (χ4n) is 5.05. The van der Waals surface area contributed by atoms with E-state index in [9.17, 15) is 4.79 Å². The third-order valence-corrected chi connectivity index (χ3v) is 7.48. The van der Waals surface area contributed by atoms with Crippen LogP contribution in [0.15, 0.2) is 83.6 Å². The zero-order chi connectivity index (χ0) is 21.7. The van der Waals surface area contributed by atoms with Crippen molar-refractivity contribution in [1.29, 1.82) is 0 Å². The van der Waals surface area contributed by atoms with E-state index in [1.165, 1.54) is 4.88 Å². The zero-order valence-electron chi connectivity index (χ0n) is 17.7. The van der Waals surface area contributed by atoms with E-state index in [-0.39, 0.29) is 17.6 Å². The van der Waals surface area contributed by atoms with E-state index in [0.29, 0.717) is 6.42 Å². The van der Waals surface area contributed by atoms with Crippen molar-refractivity contribution in [3.05, 3.63) is 105 Å². The number of nitrogens with zero attached hydrogens (tertiary/aromatic N) is 3. The molecule has 2 atom stereocenters. The van der Waals surface area contributed by atoms with Crippen molar-refractivity contribution in [3.63, 3.8) is 0 Å². The average molecular weight is 439 g/mol. The highest BCUT2D eigenvalue weighted by molar-refractivity contribution is 7.10. The summed E-state index contributed by atoms with van der Waals surface area (Å²) >= 11 is 1.73. The first-order valence-electron chi connectivity index (χ1n) is 10.8. The third-order valence-electron chi connectivity index (χ3n) is 6.45. The van der Waals surface area contributed by atoms with Gasteiger partial charge in [0.25, 0.3) is 0 Å². The Morgan fingerprint density at radius 2 is 1.84 bits per heavy atom. The van der Waals surface area contributed by atoms with E-state index < -0.39 is 0 Å². The van der Waals surface area contributed by atoms with Gasteiger partial charge in [-0.15, -0.1) is 11.3 Å². The lowest BCUT2D eigenvalue weighted by Gasteiger charge is -2.35. The van der Waals surface area contributed by atoms with Crippen LogP contribution in [0.3, 0.4) is 0 Å². The van der Waals surface area contributed by atoms with Crippen LogP contribution in [-0.2, 0) is 4.79 Å². The summed E-state index contributed by atoms with van der Waals surface area (Å²) in [5, 5.41) is 10.6. The van der Waals surface area contributed by atoms with Gasteiger partial charge in [-0.3, -0.25) is 9.78 Å². The summed E-state index contributed by atoms with van der Waals surface area (Å²) in [7, 11) is 0. The van der Waals surface area contributed by atoms with Gasteiger partial charge in [0.1, 0.15) is 5.82 Å². The van der Waals surface area contributed by atoms with Crippen molar-refractivity contribution in [2.24, 2.45) is 0 Å². The highest BCUT2D eigenvalue weighted by Gasteiger charge is 2.41. The molecule has 4 aromatic rings. The number of aryl methyl sites for hydroxylation is 1. The summed E-state index contributed by atoms with van der Waals surface area (Å²) < 4.78 is 1.97. The van der Waals surface area contributed by atoms with Crippen molar-refractivity contribution >= 4 is 22.9 Å². The molecule has 0 saturated heterocycles. The van der Waals surface area contributed by atoms with Gasteiger partial charge >= 0.3 is 0 Å². The SMILES string of the molecule is Cc1nn(-c2ccccc2)c2c1[C@H](c1ccncc1)C1=C(C[C@@H](c3cccs3)CC1=O)N2. The van der Waals surface area contributed by atoms with Crippen LogP contribution in [0, 0.1) is 6.92 Å². The van der Waals surface area contributed by atoms with E-state index in [4.69, 9.17) is 5.10 Å². The van der Waals surface area contributed by atoms with Crippen LogP contribution in [0.25, 0.3) is 5.69 Å². The molecule has 2 aliphatic rings. The van der Waals surface area contributed by atoms with E-state index >= 15 is 0 Å². The first kappa shape index (κ1) is 19.2. The number of anilines is 1. The van der Waals surface area contributed by atoms with E-state index in [0.717, 1.165) is 46.0 Å². The van der Waals surface area contributed by atoms with Gasteiger partial charge in [-0.2, -0.15) is 5.10 Å². The molecule has 4 heterocycles. The predicted molar refractivity (Wildman–Crippen MR) is 126 cm³/mol. The summed E-state index contributed by atoms with van der Waals surface area (Å²) in [6, 6.07) is 18.4. The van der Waals surface area contributed by atoms with E-state index in [1.807, 2.05) is 41.9 Å². The molecule has 3 aromatic heterocycles. The summed E-state index contributed by atoms with van der Waals surface area (Å²) in [5.41, 5.74) is 5.98. The number of nitrogens with one attached hydrogen (secondary N) is 1. The van der Waals surface area contributed by atoms with Crippen molar-refractivity contribution in [1.82, 2.24) is 14.8 Å². The molecule has 1 aliphatic heterocycles. The normalized spacial score (nSPS) is 20.0. The number of thiophene rings is 1. The molecule has 1 N–H and O–H groups in total. The van der Waals surface area contributed by atoms with Gasteiger partial charge in [0.2, 0.25) is 0 Å². The number of carbonyl (C=O) groups excluding carboxylic acids is 1. The molecule has 0 fully saturated rings. The third kappa shape index (κ3) is 3.02. The molecular formula is C26H22N4OS. The Labute approximate surface area is 190 Å². The molecule has 0 saturated carbocycles. The molecule has 0 amide bonds. The molecular weight excluding hydrogens is 416 g/mol. The van der Waals surface area contributed by atoms with Crippen LogP contribution < -0.4 is 5.32 Å². The molecule has 0 unspecified atom stereocenters. The van der Waals surface area contributed by atoms with Gasteiger partial charge in [-0.1, -0.05) is 24.3 Å². The molecule has 0 spiro atoms. The fourth-order valence-corrected chi connectivity index (χ4v) is 5.88. The minimum Gasteiger partial charge on any atom is -0.343 e. The molecule has 1 aliphatic carbocycles.